The van der Waals surface area contributed by atoms with Crippen LogP contribution >= 0.6 is 11.6 Å². The van der Waals surface area contributed by atoms with Crippen molar-refractivity contribution in [3.8, 4) is 0 Å². The van der Waals surface area contributed by atoms with Crippen LogP contribution in [0.3, 0.4) is 0 Å². The van der Waals surface area contributed by atoms with Gasteiger partial charge in [0, 0.05) is 29.3 Å². The van der Waals surface area contributed by atoms with Crippen molar-refractivity contribution in [1.29, 1.82) is 0 Å². The molecule has 8 heteroatoms. The lowest BCUT2D eigenvalue weighted by Gasteiger charge is -2.41. The molecule has 0 bridgehead atoms. The van der Waals surface area contributed by atoms with E-state index in [-0.39, 0.29) is 5.41 Å². The first-order chi connectivity index (χ1) is 16.4. The Morgan fingerprint density at radius 2 is 1.80 bits per heavy atom. The van der Waals surface area contributed by atoms with Gasteiger partial charge in [-0.15, -0.1) is 0 Å². The second kappa shape index (κ2) is 11.3. The predicted octanol–water partition coefficient (Wildman–Crippen LogP) is 5.28. The predicted molar refractivity (Wildman–Crippen MR) is 141 cm³/mol. The minimum Gasteiger partial charge on any atom is -0.444 e. The zero-order valence-corrected chi connectivity index (χ0v) is 22.6. The number of benzene rings is 2. The number of halogens is 1. The van der Waals surface area contributed by atoms with Crippen LogP contribution in [0, 0.1) is 0 Å². The minimum atomic E-state index is -3.20. The molecule has 1 amide bonds. The van der Waals surface area contributed by atoms with Gasteiger partial charge in [0.05, 0.1) is 4.90 Å². The molecule has 1 aliphatic carbocycles. The molecule has 192 valence electrons. The fourth-order valence-corrected chi connectivity index (χ4v) is 5.55. The van der Waals surface area contributed by atoms with E-state index in [4.69, 9.17) is 16.3 Å². The summed E-state index contributed by atoms with van der Waals surface area (Å²) in [6.07, 6.45) is 5.33. The zero-order valence-electron chi connectivity index (χ0n) is 21.1. The zero-order chi connectivity index (χ0) is 25.7. The number of sulfone groups is 1. The maximum absolute atomic E-state index is 12.4. The van der Waals surface area contributed by atoms with Crippen LogP contribution in [-0.2, 0) is 26.4 Å². The van der Waals surface area contributed by atoms with Gasteiger partial charge in [-0.1, -0.05) is 35.9 Å². The van der Waals surface area contributed by atoms with Crippen molar-refractivity contribution in [3.63, 3.8) is 0 Å². The van der Waals surface area contributed by atoms with Gasteiger partial charge in [-0.2, -0.15) is 0 Å². The van der Waals surface area contributed by atoms with Crippen molar-refractivity contribution in [2.75, 3.05) is 19.3 Å². The topological polar surface area (TPSA) is 84.5 Å². The Kier molecular flexibility index (Phi) is 8.89. The first-order valence-corrected chi connectivity index (χ1v) is 14.4. The normalized spacial score (nSPS) is 20.9. The highest BCUT2D eigenvalue weighted by atomic mass is 35.5. The van der Waals surface area contributed by atoms with Gasteiger partial charge in [-0.25, -0.2) is 13.2 Å². The molecule has 0 heterocycles. The number of hydrogen-bond donors (Lipinski definition) is 2. The molecule has 1 fully saturated rings. The van der Waals surface area contributed by atoms with E-state index in [2.05, 4.69) is 16.7 Å². The summed E-state index contributed by atoms with van der Waals surface area (Å²) in [7, 11) is -3.20. The number of amides is 1. The second-order valence-electron chi connectivity index (χ2n) is 10.5. The molecule has 35 heavy (non-hydrogen) atoms. The van der Waals surface area contributed by atoms with Gasteiger partial charge in [-0.3, -0.25) is 0 Å². The van der Waals surface area contributed by atoms with Crippen molar-refractivity contribution in [3.05, 3.63) is 64.7 Å². The summed E-state index contributed by atoms with van der Waals surface area (Å²) >= 11 is 6.31. The van der Waals surface area contributed by atoms with Crippen LogP contribution in [0.2, 0.25) is 5.02 Å². The monoisotopic (exact) mass is 520 g/mol. The van der Waals surface area contributed by atoms with E-state index < -0.39 is 21.5 Å². The van der Waals surface area contributed by atoms with Gasteiger partial charge in [0.25, 0.3) is 0 Å². The van der Waals surface area contributed by atoms with E-state index in [9.17, 15) is 13.2 Å². The number of ether oxygens (including phenoxy) is 1. The third-order valence-electron chi connectivity index (χ3n) is 6.52. The Morgan fingerprint density at radius 1 is 1.11 bits per heavy atom. The quantitative estimate of drug-likeness (QED) is 0.494. The molecular formula is C27H37ClN2O4S. The van der Waals surface area contributed by atoms with E-state index in [1.165, 1.54) is 6.26 Å². The lowest BCUT2D eigenvalue weighted by atomic mass is 9.68. The maximum atomic E-state index is 12.4. The third-order valence-corrected chi connectivity index (χ3v) is 7.87. The number of rotatable bonds is 8. The van der Waals surface area contributed by atoms with Crippen LogP contribution in [0.1, 0.15) is 57.6 Å². The molecule has 0 atom stereocenters. The summed E-state index contributed by atoms with van der Waals surface area (Å²) in [4.78, 5) is 12.7. The molecule has 2 N–H and O–H groups in total. The van der Waals surface area contributed by atoms with Crippen molar-refractivity contribution in [2.24, 2.45) is 0 Å². The van der Waals surface area contributed by atoms with E-state index in [0.29, 0.717) is 22.5 Å². The fourth-order valence-electron chi connectivity index (χ4n) is 4.67. The van der Waals surface area contributed by atoms with Crippen molar-refractivity contribution in [1.82, 2.24) is 10.6 Å². The lowest BCUT2D eigenvalue weighted by Crippen LogP contribution is -2.47. The Balaban J connectivity index is 1.60. The van der Waals surface area contributed by atoms with Gasteiger partial charge < -0.3 is 15.4 Å². The van der Waals surface area contributed by atoms with E-state index >= 15 is 0 Å². The van der Waals surface area contributed by atoms with Crippen LogP contribution in [-0.4, -0.2) is 45.5 Å². The molecule has 6 nitrogen and oxygen atoms in total. The van der Waals surface area contributed by atoms with Crippen LogP contribution in [0.5, 0.6) is 0 Å². The highest BCUT2D eigenvalue weighted by Crippen LogP contribution is 2.40. The highest BCUT2D eigenvalue weighted by Gasteiger charge is 2.37. The third kappa shape index (κ3) is 8.23. The van der Waals surface area contributed by atoms with Gasteiger partial charge >= 0.3 is 6.09 Å². The van der Waals surface area contributed by atoms with Gasteiger partial charge in [0.15, 0.2) is 9.84 Å². The molecule has 0 aromatic heterocycles. The van der Waals surface area contributed by atoms with E-state index in [0.717, 1.165) is 49.8 Å². The Labute approximate surface area is 214 Å². The largest absolute Gasteiger partial charge is 0.444 e. The van der Waals surface area contributed by atoms with Crippen molar-refractivity contribution >= 4 is 27.5 Å². The Morgan fingerprint density at radius 3 is 2.43 bits per heavy atom. The molecule has 1 saturated carbocycles. The molecule has 0 unspecified atom stereocenters. The lowest BCUT2D eigenvalue weighted by molar-refractivity contribution is 0.0506. The van der Waals surface area contributed by atoms with Crippen molar-refractivity contribution in [2.45, 2.75) is 74.8 Å². The summed E-state index contributed by atoms with van der Waals surface area (Å²) in [6.45, 7) is 6.83. The number of carbonyl (C=O) groups is 1. The summed E-state index contributed by atoms with van der Waals surface area (Å²) in [5, 5.41) is 7.32. The number of carbonyl (C=O) groups excluding carboxylic acids is 1. The Bertz CT molecular complexity index is 1120. The standard InChI is InChI=1S/C27H37ClN2O4S/c1-26(2,3)34-25(31)30-19-27(21-8-6-9-22(28)18-21)14-11-23(12-15-27)29-16-13-20-7-5-10-24(17-20)35(4,32)33/h5-10,17-18,23,29H,11-16,19H2,1-4H3,(H,30,31)/t23-,27-. The summed E-state index contributed by atoms with van der Waals surface area (Å²) in [5.41, 5.74) is 1.39. The summed E-state index contributed by atoms with van der Waals surface area (Å²) in [6, 6.07) is 15.4. The van der Waals surface area contributed by atoms with Crippen LogP contribution in [0.15, 0.2) is 53.4 Å². The Hall–Kier alpha value is -2.09. The van der Waals surface area contributed by atoms with E-state index in [1.807, 2.05) is 45.0 Å². The molecule has 2 aromatic carbocycles. The number of nitrogens with one attached hydrogen (secondary N) is 2. The molecule has 0 saturated heterocycles. The second-order valence-corrected chi connectivity index (χ2v) is 13.0. The summed E-state index contributed by atoms with van der Waals surface area (Å²) < 4.78 is 29.1. The molecule has 0 spiro atoms. The molecule has 0 radical (unpaired) electrons. The van der Waals surface area contributed by atoms with Crippen LogP contribution in [0.25, 0.3) is 0 Å². The van der Waals surface area contributed by atoms with E-state index in [1.54, 1.807) is 18.2 Å². The molecule has 3 rings (SSSR count). The van der Waals surface area contributed by atoms with Gasteiger partial charge in [0.2, 0.25) is 0 Å². The summed E-state index contributed by atoms with van der Waals surface area (Å²) in [5.74, 6) is 0. The molecular weight excluding hydrogens is 484 g/mol. The van der Waals surface area contributed by atoms with Gasteiger partial charge in [-0.05, 0) is 94.8 Å². The first-order valence-electron chi connectivity index (χ1n) is 12.1. The number of hydrogen-bond acceptors (Lipinski definition) is 5. The fraction of sp³-hybridized carbons (Fsp3) is 0.519. The maximum Gasteiger partial charge on any atom is 0.407 e. The van der Waals surface area contributed by atoms with Crippen LogP contribution in [0.4, 0.5) is 4.79 Å². The average Bonchev–Trinajstić information content (AvgIpc) is 2.77. The van der Waals surface area contributed by atoms with Gasteiger partial charge in [0.1, 0.15) is 5.60 Å². The van der Waals surface area contributed by atoms with Crippen molar-refractivity contribution < 1.29 is 17.9 Å². The molecule has 0 aliphatic heterocycles. The first kappa shape index (κ1) is 27.5. The van der Waals surface area contributed by atoms with Crippen LogP contribution < -0.4 is 10.6 Å². The minimum absolute atomic E-state index is 0.205. The number of alkyl carbamates (subject to hydrolysis) is 1. The average molecular weight is 521 g/mol. The SMILES string of the molecule is CC(C)(C)OC(=O)NC[C@]1(c2cccc(Cl)c2)CC[C@H](NCCc2cccc(S(C)(=O)=O)c2)CC1. The molecule has 1 aliphatic rings. The smallest absolute Gasteiger partial charge is 0.407 e. The molecule has 2 aromatic rings. The highest BCUT2D eigenvalue weighted by molar-refractivity contribution is 7.90.